The lowest BCUT2D eigenvalue weighted by molar-refractivity contribution is -0.130. The highest BCUT2D eigenvalue weighted by molar-refractivity contribution is 7.22. The summed E-state index contributed by atoms with van der Waals surface area (Å²) in [5, 5.41) is 3.55. The molecule has 0 bridgehead atoms. The molecule has 1 aliphatic heterocycles. The van der Waals surface area contributed by atoms with Crippen molar-refractivity contribution < 1.29 is 9.59 Å². The van der Waals surface area contributed by atoms with Gasteiger partial charge in [-0.15, -0.1) is 0 Å². The molecule has 4 rings (SSSR count). The lowest BCUT2D eigenvalue weighted by atomic mass is 9.94. The summed E-state index contributed by atoms with van der Waals surface area (Å²) < 4.78 is 1.07. The van der Waals surface area contributed by atoms with Crippen molar-refractivity contribution in [1.29, 1.82) is 0 Å². The molecule has 2 amide bonds. The number of nitrogens with one attached hydrogen (secondary N) is 1. The van der Waals surface area contributed by atoms with E-state index in [2.05, 4.69) is 16.4 Å². The quantitative estimate of drug-likeness (QED) is 0.910. The van der Waals surface area contributed by atoms with Gasteiger partial charge < -0.3 is 10.2 Å². The van der Waals surface area contributed by atoms with E-state index >= 15 is 0 Å². The molecular formula is C19H23N3O2S. The number of benzene rings is 1. The van der Waals surface area contributed by atoms with Gasteiger partial charge in [-0.3, -0.25) is 9.59 Å². The number of hydrogen-bond acceptors (Lipinski definition) is 4. The van der Waals surface area contributed by atoms with Crippen molar-refractivity contribution in [2.24, 2.45) is 5.92 Å². The first-order valence-electron chi connectivity index (χ1n) is 9.07. The van der Waals surface area contributed by atoms with Gasteiger partial charge in [-0.25, -0.2) is 4.98 Å². The molecule has 1 saturated heterocycles. The van der Waals surface area contributed by atoms with Crippen LogP contribution in [0.1, 0.15) is 44.1 Å². The molecule has 1 N–H and O–H groups in total. The van der Waals surface area contributed by atoms with E-state index in [4.69, 9.17) is 0 Å². The molecule has 6 heteroatoms. The Morgan fingerprint density at radius 3 is 2.88 bits per heavy atom. The minimum Gasteiger partial charge on any atom is -0.339 e. The molecule has 1 unspecified atom stereocenters. The van der Waals surface area contributed by atoms with Crippen LogP contribution in [0.4, 0.5) is 5.13 Å². The van der Waals surface area contributed by atoms with E-state index in [1.165, 1.54) is 36.2 Å². The molecule has 132 valence electrons. The Hall–Kier alpha value is -1.95. The Morgan fingerprint density at radius 1 is 1.28 bits per heavy atom. The van der Waals surface area contributed by atoms with Gasteiger partial charge in [0.15, 0.2) is 5.13 Å². The number of thiazole rings is 1. The summed E-state index contributed by atoms with van der Waals surface area (Å²) in [5.74, 6) is -0.211. The molecule has 0 spiro atoms. The zero-order chi connectivity index (χ0) is 17.4. The highest BCUT2D eigenvalue weighted by Crippen LogP contribution is 2.31. The number of nitrogens with zero attached hydrogens (tertiary/aromatic N) is 2. The summed E-state index contributed by atoms with van der Waals surface area (Å²) in [6.07, 6.45) is 6.13. The molecule has 2 aromatic rings. The van der Waals surface area contributed by atoms with Crippen LogP contribution < -0.4 is 5.32 Å². The van der Waals surface area contributed by atoms with Gasteiger partial charge in [0.2, 0.25) is 11.8 Å². The van der Waals surface area contributed by atoms with Gasteiger partial charge >= 0.3 is 0 Å². The monoisotopic (exact) mass is 357 g/mol. The van der Waals surface area contributed by atoms with Crippen LogP contribution >= 0.6 is 11.3 Å². The van der Waals surface area contributed by atoms with Gasteiger partial charge in [0.1, 0.15) is 0 Å². The molecular weight excluding hydrogens is 334 g/mol. The molecule has 0 radical (unpaired) electrons. The Morgan fingerprint density at radius 2 is 2.08 bits per heavy atom. The Bertz CT molecular complexity index is 810. The van der Waals surface area contributed by atoms with E-state index in [1.807, 2.05) is 24.0 Å². The number of aromatic nitrogens is 1. The van der Waals surface area contributed by atoms with Crippen LogP contribution in [0.3, 0.4) is 0 Å². The van der Waals surface area contributed by atoms with Crippen LogP contribution in [0, 0.1) is 12.8 Å². The fraction of sp³-hybridized carbons (Fsp3) is 0.526. The van der Waals surface area contributed by atoms with Crippen molar-refractivity contribution in [3.05, 3.63) is 23.8 Å². The molecule has 2 heterocycles. The lowest BCUT2D eigenvalue weighted by Crippen LogP contribution is -2.38. The molecule has 1 atom stereocenters. The Balaban J connectivity index is 1.43. The van der Waals surface area contributed by atoms with Gasteiger partial charge in [-0.1, -0.05) is 36.7 Å². The van der Waals surface area contributed by atoms with Crippen LogP contribution in [0.25, 0.3) is 10.2 Å². The maximum absolute atomic E-state index is 12.6. The zero-order valence-electron chi connectivity index (χ0n) is 14.5. The Labute approximate surface area is 151 Å². The third kappa shape index (κ3) is 3.40. The number of carbonyl (C=O) groups is 2. The summed E-state index contributed by atoms with van der Waals surface area (Å²) in [6.45, 7) is 2.60. The van der Waals surface area contributed by atoms with Crippen LogP contribution in [-0.2, 0) is 9.59 Å². The first-order chi connectivity index (χ1) is 12.1. The van der Waals surface area contributed by atoms with E-state index in [9.17, 15) is 9.59 Å². The van der Waals surface area contributed by atoms with Crippen LogP contribution in [-0.4, -0.2) is 34.3 Å². The normalized spacial score (nSPS) is 21.9. The topological polar surface area (TPSA) is 62.3 Å². The number of anilines is 1. The number of carbonyl (C=O) groups excluding carboxylic acids is 2. The van der Waals surface area contributed by atoms with Crippen molar-refractivity contribution in [3.63, 3.8) is 0 Å². The van der Waals surface area contributed by atoms with Gasteiger partial charge in [-0.05, 0) is 37.5 Å². The van der Waals surface area contributed by atoms with Crippen LogP contribution in [0.15, 0.2) is 18.2 Å². The number of likely N-dealkylation sites (tertiary alicyclic amines) is 1. The summed E-state index contributed by atoms with van der Waals surface area (Å²) in [4.78, 5) is 31.4. The number of fused-ring (bicyclic) bond motifs is 1. The van der Waals surface area contributed by atoms with Gasteiger partial charge in [-0.2, -0.15) is 0 Å². The smallest absolute Gasteiger partial charge is 0.231 e. The lowest BCUT2D eigenvalue weighted by Gasteiger charge is -2.31. The molecule has 5 nitrogen and oxygen atoms in total. The summed E-state index contributed by atoms with van der Waals surface area (Å²) >= 11 is 1.49. The Kier molecular flexibility index (Phi) is 4.46. The molecule has 1 aromatic heterocycles. The summed E-state index contributed by atoms with van der Waals surface area (Å²) in [6, 6.07) is 6.41. The van der Waals surface area contributed by atoms with Crippen molar-refractivity contribution in [1.82, 2.24) is 9.88 Å². The SMILES string of the molecule is Cc1ccc2nc(NC(=O)C3CC(=O)N(C4CCCCC4)C3)sc2c1. The van der Waals surface area contributed by atoms with Gasteiger partial charge in [0.25, 0.3) is 0 Å². The highest BCUT2D eigenvalue weighted by atomic mass is 32.1. The highest BCUT2D eigenvalue weighted by Gasteiger charge is 2.38. The molecule has 25 heavy (non-hydrogen) atoms. The van der Waals surface area contributed by atoms with Gasteiger partial charge in [0, 0.05) is 19.0 Å². The van der Waals surface area contributed by atoms with Crippen molar-refractivity contribution >= 4 is 38.5 Å². The first kappa shape index (κ1) is 16.5. The zero-order valence-corrected chi connectivity index (χ0v) is 15.3. The third-order valence-corrected chi connectivity index (χ3v) is 6.25. The van der Waals surface area contributed by atoms with Gasteiger partial charge in [0.05, 0.1) is 16.1 Å². The van der Waals surface area contributed by atoms with E-state index in [1.54, 1.807) is 0 Å². The molecule has 2 aliphatic rings. The second-order valence-corrected chi connectivity index (χ2v) is 8.25. The van der Waals surface area contributed by atoms with Crippen molar-refractivity contribution in [2.75, 3.05) is 11.9 Å². The fourth-order valence-corrected chi connectivity index (χ4v) is 4.91. The van der Waals surface area contributed by atoms with E-state index in [0.717, 1.165) is 23.1 Å². The molecule has 1 saturated carbocycles. The van der Waals surface area contributed by atoms with Crippen molar-refractivity contribution in [2.45, 2.75) is 51.5 Å². The van der Waals surface area contributed by atoms with E-state index in [0.29, 0.717) is 24.1 Å². The minimum atomic E-state index is -0.261. The third-order valence-electron chi connectivity index (χ3n) is 5.32. The standard InChI is InChI=1S/C19H23N3O2S/c1-12-7-8-15-16(9-12)25-19(20-15)21-18(24)13-10-17(23)22(11-13)14-5-3-2-4-6-14/h7-9,13-14H,2-6,10-11H2,1H3,(H,20,21,24). The second kappa shape index (κ2) is 6.75. The predicted molar refractivity (Wildman–Crippen MR) is 99.7 cm³/mol. The molecule has 2 fully saturated rings. The van der Waals surface area contributed by atoms with Crippen molar-refractivity contribution in [3.8, 4) is 0 Å². The van der Waals surface area contributed by atoms with Crippen LogP contribution in [0.2, 0.25) is 0 Å². The maximum Gasteiger partial charge on any atom is 0.231 e. The largest absolute Gasteiger partial charge is 0.339 e. The molecule has 1 aliphatic carbocycles. The maximum atomic E-state index is 12.6. The minimum absolute atomic E-state index is 0.0811. The number of rotatable bonds is 3. The second-order valence-electron chi connectivity index (χ2n) is 7.22. The average molecular weight is 357 g/mol. The van der Waals surface area contributed by atoms with E-state index < -0.39 is 0 Å². The number of hydrogen-bond donors (Lipinski definition) is 1. The van der Waals surface area contributed by atoms with Crippen LogP contribution in [0.5, 0.6) is 0 Å². The number of amides is 2. The summed E-state index contributed by atoms with van der Waals surface area (Å²) in [7, 11) is 0. The van der Waals surface area contributed by atoms with E-state index in [-0.39, 0.29) is 17.7 Å². The fourth-order valence-electron chi connectivity index (χ4n) is 3.95. The first-order valence-corrected chi connectivity index (χ1v) is 9.89. The average Bonchev–Trinajstić information content (AvgIpc) is 3.18. The molecule has 1 aromatic carbocycles. The predicted octanol–water partition coefficient (Wildman–Crippen LogP) is 3.72. The number of aryl methyl sites for hydroxylation is 1. The summed E-state index contributed by atoms with van der Waals surface area (Å²) in [5.41, 5.74) is 2.08.